The molecule has 3 rings (SSSR count). The monoisotopic (exact) mass is 371 g/mol. The van der Waals surface area contributed by atoms with E-state index in [0.29, 0.717) is 25.6 Å². The van der Waals surface area contributed by atoms with Gasteiger partial charge >= 0.3 is 0 Å². The number of hydrogen-bond acceptors (Lipinski definition) is 4. The van der Waals surface area contributed by atoms with E-state index < -0.39 is 0 Å². The highest BCUT2D eigenvalue weighted by Crippen LogP contribution is 2.26. The lowest BCUT2D eigenvalue weighted by Gasteiger charge is -2.34. The fraction of sp³-hybridized carbons (Fsp3) is 0.524. The second-order valence-electron chi connectivity index (χ2n) is 7.14. The third-order valence-corrected chi connectivity index (χ3v) is 5.23. The first kappa shape index (κ1) is 19.6. The van der Waals surface area contributed by atoms with Crippen LogP contribution in [-0.4, -0.2) is 61.1 Å². The fourth-order valence-corrected chi connectivity index (χ4v) is 3.92. The molecule has 0 spiro atoms. The van der Waals surface area contributed by atoms with Crippen LogP contribution in [0, 0.1) is 0 Å². The van der Waals surface area contributed by atoms with Crippen molar-refractivity contribution in [1.29, 1.82) is 0 Å². The maximum atomic E-state index is 12.5. The predicted molar refractivity (Wildman–Crippen MR) is 105 cm³/mol. The maximum absolute atomic E-state index is 12.5. The summed E-state index contributed by atoms with van der Waals surface area (Å²) >= 11 is 0. The van der Waals surface area contributed by atoms with Gasteiger partial charge in [-0.05, 0) is 37.8 Å². The predicted octanol–water partition coefficient (Wildman–Crippen LogP) is 1.57. The number of nitrogens with one attached hydrogen (secondary N) is 2. The molecule has 6 heteroatoms. The SMILES string of the molecule is CCNC(=O)[C@@H]1C[C@H](NC(=O)C=Cc2ccccc2)CN1C1CCOCC1. The highest BCUT2D eigenvalue weighted by molar-refractivity contribution is 5.92. The number of likely N-dealkylation sites (N-methyl/N-ethyl adjacent to an activating group) is 1. The molecule has 6 nitrogen and oxygen atoms in total. The van der Waals surface area contributed by atoms with Gasteiger partial charge in [0.25, 0.3) is 0 Å². The van der Waals surface area contributed by atoms with Crippen LogP contribution in [0.15, 0.2) is 36.4 Å². The number of carbonyl (C=O) groups is 2. The van der Waals surface area contributed by atoms with E-state index in [-0.39, 0.29) is 23.9 Å². The summed E-state index contributed by atoms with van der Waals surface area (Å²) in [5.74, 6) is -0.0621. The molecule has 0 radical (unpaired) electrons. The van der Waals surface area contributed by atoms with Crippen molar-refractivity contribution in [3.05, 3.63) is 42.0 Å². The molecule has 2 saturated heterocycles. The molecule has 2 aliphatic heterocycles. The molecule has 2 amide bonds. The smallest absolute Gasteiger partial charge is 0.244 e. The van der Waals surface area contributed by atoms with Crippen LogP contribution >= 0.6 is 0 Å². The van der Waals surface area contributed by atoms with Crippen molar-refractivity contribution in [3.63, 3.8) is 0 Å². The zero-order chi connectivity index (χ0) is 19.1. The van der Waals surface area contributed by atoms with Gasteiger partial charge in [0, 0.05) is 44.5 Å². The number of rotatable bonds is 6. The molecule has 2 atom stereocenters. The van der Waals surface area contributed by atoms with Crippen molar-refractivity contribution in [2.24, 2.45) is 0 Å². The number of benzene rings is 1. The Morgan fingerprint density at radius 2 is 1.96 bits per heavy atom. The minimum absolute atomic E-state index is 0.0200. The summed E-state index contributed by atoms with van der Waals surface area (Å²) in [6, 6.07) is 9.88. The third-order valence-electron chi connectivity index (χ3n) is 5.23. The molecular weight excluding hydrogens is 342 g/mol. The number of ether oxygens (including phenoxy) is 1. The first-order valence-electron chi connectivity index (χ1n) is 9.82. The molecule has 0 bridgehead atoms. The molecule has 2 aliphatic rings. The molecule has 146 valence electrons. The Morgan fingerprint density at radius 1 is 1.22 bits per heavy atom. The Balaban J connectivity index is 1.61. The molecule has 2 heterocycles. The Labute approximate surface area is 161 Å². The number of hydrogen-bond donors (Lipinski definition) is 2. The first-order chi connectivity index (χ1) is 13.2. The van der Waals surface area contributed by atoms with Crippen LogP contribution in [0.4, 0.5) is 0 Å². The minimum Gasteiger partial charge on any atom is -0.381 e. The maximum Gasteiger partial charge on any atom is 0.244 e. The summed E-state index contributed by atoms with van der Waals surface area (Å²) in [5.41, 5.74) is 0.989. The molecule has 2 N–H and O–H groups in total. The van der Waals surface area contributed by atoms with E-state index in [9.17, 15) is 9.59 Å². The fourth-order valence-electron chi connectivity index (χ4n) is 3.92. The van der Waals surface area contributed by atoms with Crippen molar-refractivity contribution >= 4 is 17.9 Å². The van der Waals surface area contributed by atoms with Crippen LogP contribution in [0.2, 0.25) is 0 Å². The Kier molecular flexibility index (Phi) is 7.01. The van der Waals surface area contributed by atoms with Gasteiger partial charge in [0.1, 0.15) is 0 Å². The molecule has 0 aliphatic carbocycles. The summed E-state index contributed by atoms with van der Waals surface area (Å²) < 4.78 is 5.46. The molecule has 2 fully saturated rings. The van der Waals surface area contributed by atoms with E-state index in [4.69, 9.17) is 4.74 Å². The van der Waals surface area contributed by atoms with E-state index in [1.54, 1.807) is 6.08 Å². The van der Waals surface area contributed by atoms with Crippen LogP contribution in [0.5, 0.6) is 0 Å². The van der Waals surface area contributed by atoms with Gasteiger partial charge in [-0.2, -0.15) is 0 Å². The highest BCUT2D eigenvalue weighted by Gasteiger charge is 2.40. The normalized spacial score (nSPS) is 24.2. The van der Waals surface area contributed by atoms with Gasteiger partial charge in [0.2, 0.25) is 11.8 Å². The molecule has 0 aromatic heterocycles. The van der Waals surface area contributed by atoms with Crippen LogP contribution in [0.3, 0.4) is 0 Å². The molecule has 27 heavy (non-hydrogen) atoms. The number of nitrogens with zero attached hydrogens (tertiary/aromatic N) is 1. The standard InChI is InChI=1S/C21H29N3O3/c1-2-22-21(26)19-14-17(15-24(19)18-10-12-27-13-11-18)23-20(25)9-8-16-6-4-3-5-7-16/h3-9,17-19H,2,10-15H2,1H3,(H,22,26)(H,23,25)/t17-,19-/m0/s1. The van der Waals surface area contributed by atoms with Crippen molar-refractivity contribution in [3.8, 4) is 0 Å². The Bertz CT molecular complexity index is 656. The molecule has 1 aromatic rings. The summed E-state index contributed by atoms with van der Waals surface area (Å²) in [6.45, 7) is 4.73. The topological polar surface area (TPSA) is 70.7 Å². The van der Waals surface area contributed by atoms with E-state index >= 15 is 0 Å². The zero-order valence-electron chi connectivity index (χ0n) is 15.9. The van der Waals surface area contributed by atoms with Crippen LogP contribution in [0.1, 0.15) is 31.7 Å². The summed E-state index contributed by atoms with van der Waals surface area (Å²) in [6.07, 6.45) is 5.89. The van der Waals surface area contributed by atoms with Crippen molar-refractivity contribution in [2.45, 2.75) is 44.3 Å². The zero-order valence-corrected chi connectivity index (χ0v) is 15.9. The number of likely N-dealkylation sites (tertiary alicyclic amines) is 1. The van der Waals surface area contributed by atoms with Gasteiger partial charge in [-0.15, -0.1) is 0 Å². The lowest BCUT2D eigenvalue weighted by atomic mass is 10.1. The van der Waals surface area contributed by atoms with Gasteiger partial charge < -0.3 is 15.4 Å². The molecule has 0 unspecified atom stereocenters. The molecular formula is C21H29N3O3. The lowest BCUT2D eigenvalue weighted by Crippen LogP contribution is -2.49. The van der Waals surface area contributed by atoms with Crippen molar-refractivity contribution in [1.82, 2.24) is 15.5 Å². The van der Waals surface area contributed by atoms with E-state index in [1.165, 1.54) is 0 Å². The highest BCUT2D eigenvalue weighted by atomic mass is 16.5. The first-order valence-corrected chi connectivity index (χ1v) is 9.82. The summed E-state index contributed by atoms with van der Waals surface area (Å²) in [4.78, 5) is 27.1. The lowest BCUT2D eigenvalue weighted by molar-refractivity contribution is -0.126. The quantitative estimate of drug-likeness (QED) is 0.745. The largest absolute Gasteiger partial charge is 0.381 e. The Morgan fingerprint density at radius 3 is 2.67 bits per heavy atom. The third kappa shape index (κ3) is 5.40. The van der Waals surface area contributed by atoms with Gasteiger partial charge in [0.15, 0.2) is 0 Å². The van der Waals surface area contributed by atoms with Crippen LogP contribution < -0.4 is 10.6 Å². The number of amides is 2. The summed E-state index contributed by atoms with van der Waals surface area (Å²) in [5, 5.41) is 6.01. The van der Waals surface area contributed by atoms with Crippen LogP contribution in [0.25, 0.3) is 6.08 Å². The average molecular weight is 371 g/mol. The minimum atomic E-state index is -0.184. The Hall–Kier alpha value is -2.18. The van der Waals surface area contributed by atoms with E-state index in [0.717, 1.165) is 31.6 Å². The number of carbonyl (C=O) groups excluding carboxylic acids is 2. The second-order valence-corrected chi connectivity index (χ2v) is 7.14. The average Bonchev–Trinajstić information content (AvgIpc) is 3.12. The second kappa shape index (κ2) is 9.67. The summed E-state index contributed by atoms with van der Waals surface area (Å²) in [7, 11) is 0. The van der Waals surface area contributed by atoms with Gasteiger partial charge in [0.05, 0.1) is 6.04 Å². The van der Waals surface area contributed by atoms with Gasteiger partial charge in [-0.1, -0.05) is 30.3 Å². The van der Waals surface area contributed by atoms with Gasteiger partial charge in [-0.25, -0.2) is 0 Å². The van der Waals surface area contributed by atoms with Crippen LogP contribution in [-0.2, 0) is 14.3 Å². The molecule has 1 aromatic carbocycles. The molecule has 0 saturated carbocycles. The van der Waals surface area contributed by atoms with E-state index in [1.807, 2.05) is 43.3 Å². The van der Waals surface area contributed by atoms with Crippen molar-refractivity contribution < 1.29 is 14.3 Å². The van der Waals surface area contributed by atoms with E-state index in [2.05, 4.69) is 15.5 Å². The van der Waals surface area contributed by atoms with Gasteiger partial charge in [-0.3, -0.25) is 14.5 Å². The van der Waals surface area contributed by atoms with Crippen molar-refractivity contribution in [2.75, 3.05) is 26.3 Å².